The van der Waals surface area contributed by atoms with Crippen LogP contribution < -0.4 is 11.1 Å². The Balaban J connectivity index is 2.96. The van der Waals surface area contributed by atoms with Gasteiger partial charge in [-0.1, -0.05) is 20.8 Å². The molecule has 0 fully saturated rings. The number of ketones is 1. The van der Waals surface area contributed by atoms with E-state index in [4.69, 9.17) is 10.5 Å². The third kappa shape index (κ3) is 5.39. The lowest BCUT2D eigenvalue weighted by molar-refractivity contribution is 0.0446. The zero-order chi connectivity index (χ0) is 17.1. The number of nitrogens with two attached hydrogens (primary N) is 1. The molecule has 5 nitrogen and oxygen atoms in total. The number of hydrogen-bond donors (Lipinski definition) is 2. The molecule has 0 bridgehead atoms. The predicted octanol–water partition coefficient (Wildman–Crippen LogP) is 3.39. The molecule has 0 saturated carbocycles. The van der Waals surface area contributed by atoms with Crippen molar-refractivity contribution in [2.75, 3.05) is 5.73 Å². The van der Waals surface area contributed by atoms with Crippen LogP contribution in [0, 0.1) is 5.41 Å². The summed E-state index contributed by atoms with van der Waals surface area (Å²) in [5, 5.41) is 2.68. The van der Waals surface area contributed by atoms with E-state index in [0.29, 0.717) is 11.3 Å². The van der Waals surface area contributed by atoms with Gasteiger partial charge < -0.3 is 15.8 Å². The van der Waals surface area contributed by atoms with Crippen LogP contribution in [0.3, 0.4) is 0 Å². The van der Waals surface area contributed by atoms with Crippen LogP contribution in [-0.4, -0.2) is 23.5 Å². The lowest BCUT2D eigenvalue weighted by atomic mass is 9.82. The van der Waals surface area contributed by atoms with Gasteiger partial charge in [0.25, 0.3) is 0 Å². The van der Waals surface area contributed by atoms with Crippen LogP contribution in [0.5, 0.6) is 0 Å². The van der Waals surface area contributed by atoms with Crippen molar-refractivity contribution in [1.29, 1.82) is 0 Å². The van der Waals surface area contributed by atoms with E-state index >= 15 is 0 Å². The maximum atomic E-state index is 12.7. The summed E-state index contributed by atoms with van der Waals surface area (Å²) < 4.78 is 5.25. The van der Waals surface area contributed by atoms with Crippen molar-refractivity contribution < 1.29 is 14.3 Å². The number of alkyl carbamates (subject to hydrolysis) is 1. The molecular formula is C17H26N2O3. The number of nitrogens with one attached hydrogen (secondary N) is 1. The second-order valence-corrected chi connectivity index (χ2v) is 7.43. The fourth-order valence-electron chi connectivity index (χ4n) is 1.91. The summed E-state index contributed by atoms with van der Waals surface area (Å²) in [5.74, 6) is -0.168. The molecule has 1 rings (SSSR count). The number of anilines is 1. The molecule has 0 saturated heterocycles. The molecule has 5 heteroatoms. The highest BCUT2D eigenvalue weighted by atomic mass is 16.6. The van der Waals surface area contributed by atoms with Crippen molar-refractivity contribution in [2.24, 2.45) is 5.41 Å². The minimum absolute atomic E-state index is 0.168. The van der Waals surface area contributed by atoms with Gasteiger partial charge in [-0.05, 0) is 50.5 Å². The molecule has 0 heterocycles. The standard InChI is InChI=1S/C17H26N2O3/c1-16(2,3)14(19-15(21)22-17(4,5)6)13(20)11-7-9-12(18)10-8-11/h7-10,14H,18H2,1-6H3,(H,19,21). The maximum Gasteiger partial charge on any atom is 0.408 e. The first-order valence-corrected chi connectivity index (χ1v) is 7.29. The number of carbonyl (C=O) groups is 2. The molecule has 0 aromatic heterocycles. The molecule has 0 spiro atoms. The van der Waals surface area contributed by atoms with Gasteiger partial charge in [0.2, 0.25) is 0 Å². The minimum Gasteiger partial charge on any atom is -0.444 e. The van der Waals surface area contributed by atoms with Crippen LogP contribution in [-0.2, 0) is 4.74 Å². The number of hydrogen-bond acceptors (Lipinski definition) is 4. The van der Waals surface area contributed by atoms with Crippen molar-refractivity contribution in [3.05, 3.63) is 29.8 Å². The van der Waals surface area contributed by atoms with Gasteiger partial charge in [0, 0.05) is 11.3 Å². The molecule has 0 aliphatic carbocycles. The lowest BCUT2D eigenvalue weighted by Gasteiger charge is -2.31. The Morgan fingerprint density at radius 2 is 1.55 bits per heavy atom. The number of ether oxygens (including phenoxy) is 1. The van der Waals surface area contributed by atoms with Crippen molar-refractivity contribution in [1.82, 2.24) is 5.32 Å². The molecule has 1 amide bonds. The molecule has 3 N–H and O–H groups in total. The molecule has 0 radical (unpaired) electrons. The topological polar surface area (TPSA) is 81.4 Å². The van der Waals surface area contributed by atoms with Crippen LogP contribution in [0.1, 0.15) is 51.9 Å². The molecule has 22 heavy (non-hydrogen) atoms. The first-order chi connectivity index (χ1) is 9.90. The molecule has 1 aromatic carbocycles. The summed E-state index contributed by atoms with van der Waals surface area (Å²) in [6.07, 6.45) is -0.601. The Morgan fingerprint density at radius 1 is 1.05 bits per heavy atom. The third-order valence-corrected chi connectivity index (χ3v) is 2.98. The number of benzene rings is 1. The van der Waals surface area contributed by atoms with Gasteiger partial charge >= 0.3 is 6.09 Å². The molecule has 1 aromatic rings. The van der Waals surface area contributed by atoms with Crippen molar-refractivity contribution in [3.63, 3.8) is 0 Å². The van der Waals surface area contributed by atoms with Crippen LogP contribution in [0.4, 0.5) is 10.5 Å². The summed E-state index contributed by atoms with van der Waals surface area (Å²) in [7, 11) is 0. The predicted molar refractivity (Wildman–Crippen MR) is 87.8 cm³/mol. The van der Waals surface area contributed by atoms with Crippen LogP contribution >= 0.6 is 0 Å². The largest absolute Gasteiger partial charge is 0.444 e. The molecular weight excluding hydrogens is 280 g/mol. The van der Waals surface area contributed by atoms with Crippen molar-refractivity contribution in [3.8, 4) is 0 Å². The Morgan fingerprint density at radius 3 is 1.95 bits per heavy atom. The summed E-state index contributed by atoms with van der Waals surface area (Å²) in [6.45, 7) is 11.0. The highest BCUT2D eigenvalue weighted by molar-refractivity contribution is 6.02. The second-order valence-electron chi connectivity index (χ2n) is 7.43. The van der Waals surface area contributed by atoms with Crippen LogP contribution in [0.15, 0.2) is 24.3 Å². The van der Waals surface area contributed by atoms with Crippen molar-refractivity contribution in [2.45, 2.75) is 53.2 Å². The number of carbonyl (C=O) groups excluding carboxylic acids is 2. The zero-order valence-corrected chi connectivity index (χ0v) is 14.2. The first kappa shape index (κ1) is 18.0. The number of rotatable bonds is 3. The van der Waals surface area contributed by atoms with Crippen LogP contribution in [0.25, 0.3) is 0 Å². The molecule has 0 aliphatic rings. The zero-order valence-electron chi connectivity index (χ0n) is 14.2. The van der Waals surface area contributed by atoms with E-state index in [1.54, 1.807) is 45.0 Å². The van der Waals surface area contributed by atoms with Gasteiger partial charge in [-0.2, -0.15) is 0 Å². The van der Waals surface area contributed by atoms with E-state index in [0.717, 1.165) is 0 Å². The van der Waals surface area contributed by atoms with Gasteiger partial charge in [-0.25, -0.2) is 4.79 Å². The normalized spacial score (nSPS) is 13.4. The SMILES string of the molecule is CC(C)(C)OC(=O)NC(C(=O)c1ccc(N)cc1)C(C)(C)C. The summed E-state index contributed by atoms with van der Waals surface area (Å²) in [6, 6.07) is 5.97. The maximum absolute atomic E-state index is 12.7. The van der Waals surface area contributed by atoms with E-state index in [-0.39, 0.29) is 5.78 Å². The quantitative estimate of drug-likeness (QED) is 0.662. The van der Waals surface area contributed by atoms with Gasteiger partial charge in [0.15, 0.2) is 5.78 Å². The van der Waals surface area contributed by atoms with E-state index in [2.05, 4.69) is 5.32 Å². The van der Waals surface area contributed by atoms with Gasteiger partial charge in [-0.3, -0.25) is 4.79 Å². The summed E-state index contributed by atoms with van der Waals surface area (Å²) >= 11 is 0. The molecule has 1 unspecified atom stereocenters. The smallest absolute Gasteiger partial charge is 0.408 e. The fourth-order valence-corrected chi connectivity index (χ4v) is 1.91. The van der Waals surface area contributed by atoms with Crippen molar-refractivity contribution >= 4 is 17.6 Å². The Bertz CT molecular complexity index is 537. The average Bonchev–Trinajstić information content (AvgIpc) is 2.32. The second kappa shape index (κ2) is 6.38. The monoisotopic (exact) mass is 306 g/mol. The highest BCUT2D eigenvalue weighted by Crippen LogP contribution is 2.23. The fraction of sp³-hybridized carbons (Fsp3) is 0.529. The van der Waals surface area contributed by atoms with Gasteiger partial charge in [0.1, 0.15) is 11.6 Å². The Hall–Kier alpha value is -2.04. The van der Waals surface area contributed by atoms with Gasteiger partial charge in [0.05, 0.1) is 0 Å². The van der Waals surface area contributed by atoms with E-state index in [9.17, 15) is 9.59 Å². The number of Topliss-reactive ketones (excluding diaryl/α,β-unsaturated/α-hetero) is 1. The Labute approximate surface area is 132 Å². The number of amides is 1. The molecule has 0 aliphatic heterocycles. The average molecular weight is 306 g/mol. The lowest BCUT2D eigenvalue weighted by Crippen LogP contribution is -2.50. The highest BCUT2D eigenvalue weighted by Gasteiger charge is 2.34. The number of nitrogen functional groups attached to an aromatic ring is 1. The molecule has 1 atom stereocenters. The Kier molecular flexibility index (Phi) is 5.22. The minimum atomic E-state index is -0.689. The van der Waals surface area contributed by atoms with E-state index < -0.39 is 23.2 Å². The molecule has 122 valence electrons. The third-order valence-electron chi connectivity index (χ3n) is 2.98. The van der Waals surface area contributed by atoms with Gasteiger partial charge in [-0.15, -0.1) is 0 Å². The summed E-state index contributed by atoms with van der Waals surface area (Å²) in [4.78, 5) is 24.7. The van der Waals surface area contributed by atoms with E-state index in [1.807, 2.05) is 20.8 Å². The van der Waals surface area contributed by atoms with E-state index in [1.165, 1.54) is 0 Å². The summed E-state index contributed by atoms with van der Waals surface area (Å²) in [5.41, 5.74) is 5.67. The van der Waals surface area contributed by atoms with Crippen LogP contribution in [0.2, 0.25) is 0 Å². The first-order valence-electron chi connectivity index (χ1n) is 7.29.